The lowest BCUT2D eigenvalue weighted by Crippen LogP contribution is -2.25. The Bertz CT molecular complexity index is 757. The Kier molecular flexibility index (Phi) is 5.16. The van der Waals surface area contributed by atoms with Crippen molar-refractivity contribution in [2.45, 2.75) is 45.6 Å². The molecule has 3 rings (SSSR count). The Morgan fingerprint density at radius 2 is 2.00 bits per heavy atom. The highest BCUT2D eigenvalue weighted by Crippen LogP contribution is 2.25. The van der Waals surface area contributed by atoms with E-state index in [9.17, 15) is 9.59 Å². The van der Waals surface area contributed by atoms with Crippen LogP contribution in [0, 0.1) is 5.92 Å². The van der Waals surface area contributed by atoms with Crippen molar-refractivity contribution in [1.82, 2.24) is 19.6 Å². The zero-order valence-corrected chi connectivity index (χ0v) is 14.7. The summed E-state index contributed by atoms with van der Waals surface area (Å²) in [6.07, 6.45) is 8.61. The predicted molar refractivity (Wildman–Crippen MR) is 94.3 cm³/mol. The number of hydrogen-bond donors (Lipinski definition) is 2. The van der Waals surface area contributed by atoms with Gasteiger partial charge in [0.15, 0.2) is 5.69 Å². The molecule has 1 saturated carbocycles. The first kappa shape index (κ1) is 17.2. The quantitative estimate of drug-likeness (QED) is 0.871. The van der Waals surface area contributed by atoms with E-state index >= 15 is 0 Å². The molecule has 0 aromatic carbocycles. The Labute approximate surface area is 146 Å². The highest BCUT2D eigenvalue weighted by Gasteiger charge is 2.23. The lowest BCUT2D eigenvalue weighted by molar-refractivity contribution is -0.120. The van der Waals surface area contributed by atoms with Crippen molar-refractivity contribution >= 4 is 23.3 Å². The van der Waals surface area contributed by atoms with Crippen molar-refractivity contribution in [3.8, 4) is 0 Å². The van der Waals surface area contributed by atoms with Gasteiger partial charge in [-0.15, -0.1) is 0 Å². The molecule has 2 aromatic heterocycles. The van der Waals surface area contributed by atoms with Crippen LogP contribution in [-0.2, 0) is 18.4 Å². The molecule has 1 fully saturated rings. The highest BCUT2D eigenvalue weighted by atomic mass is 16.2. The van der Waals surface area contributed by atoms with Gasteiger partial charge in [0.25, 0.3) is 5.91 Å². The molecule has 2 amide bonds. The van der Waals surface area contributed by atoms with E-state index in [0.717, 1.165) is 32.2 Å². The highest BCUT2D eigenvalue weighted by molar-refractivity contribution is 6.03. The van der Waals surface area contributed by atoms with Crippen LogP contribution >= 0.6 is 0 Å². The lowest BCUT2D eigenvalue weighted by Gasteiger charge is -2.20. The molecule has 0 saturated heterocycles. The second-order valence-corrected chi connectivity index (χ2v) is 6.40. The minimum atomic E-state index is -0.329. The number of carbonyl (C=O) groups excluding carboxylic acids is 2. The minimum Gasteiger partial charge on any atom is -0.318 e. The van der Waals surface area contributed by atoms with E-state index in [1.54, 1.807) is 30.2 Å². The van der Waals surface area contributed by atoms with Crippen LogP contribution in [0.15, 0.2) is 18.5 Å². The number of anilines is 2. The van der Waals surface area contributed by atoms with Crippen LogP contribution in [0.5, 0.6) is 0 Å². The Balaban J connectivity index is 1.64. The maximum Gasteiger partial charge on any atom is 0.276 e. The molecule has 0 aliphatic heterocycles. The third-order valence-corrected chi connectivity index (χ3v) is 4.55. The van der Waals surface area contributed by atoms with E-state index in [-0.39, 0.29) is 23.4 Å². The molecule has 25 heavy (non-hydrogen) atoms. The van der Waals surface area contributed by atoms with Crippen LogP contribution in [0.1, 0.15) is 49.5 Å². The van der Waals surface area contributed by atoms with Gasteiger partial charge >= 0.3 is 0 Å². The van der Waals surface area contributed by atoms with Crippen molar-refractivity contribution in [1.29, 1.82) is 0 Å². The van der Waals surface area contributed by atoms with E-state index in [1.165, 1.54) is 11.1 Å². The molecular formula is C17H24N6O2. The van der Waals surface area contributed by atoms with Gasteiger partial charge in [0.2, 0.25) is 5.91 Å². The summed E-state index contributed by atoms with van der Waals surface area (Å²) >= 11 is 0. The van der Waals surface area contributed by atoms with Gasteiger partial charge < -0.3 is 10.6 Å². The fraction of sp³-hybridized carbons (Fsp3) is 0.529. The smallest absolute Gasteiger partial charge is 0.276 e. The van der Waals surface area contributed by atoms with E-state index in [1.807, 2.05) is 6.92 Å². The molecular weight excluding hydrogens is 320 g/mol. The molecule has 8 nitrogen and oxygen atoms in total. The predicted octanol–water partition coefficient (Wildman–Crippen LogP) is 2.41. The molecule has 1 aliphatic rings. The van der Waals surface area contributed by atoms with E-state index < -0.39 is 0 Å². The van der Waals surface area contributed by atoms with Gasteiger partial charge in [-0.2, -0.15) is 10.2 Å². The number of aromatic nitrogens is 4. The molecule has 0 spiro atoms. The van der Waals surface area contributed by atoms with Gasteiger partial charge in [0.05, 0.1) is 11.9 Å². The van der Waals surface area contributed by atoms with E-state index in [0.29, 0.717) is 11.5 Å². The molecule has 0 radical (unpaired) electrons. The molecule has 1 aliphatic carbocycles. The molecule has 0 bridgehead atoms. The summed E-state index contributed by atoms with van der Waals surface area (Å²) in [5.74, 6) is 0.272. The largest absolute Gasteiger partial charge is 0.318 e. The Morgan fingerprint density at radius 1 is 1.24 bits per heavy atom. The van der Waals surface area contributed by atoms with Crippen molar-refractivity contribution in [2.75, 3.05) is 10.6 Å². The lowest BCUT2D eigenvalue weighted by atomic mass is 9.89. The summed E-state index contributed by atoms with van der Waals surface area (Å²) in [5.41, 5.74) is 0.871. The van der Waals surface area contributed by atoms with E-state index in [2.05, 4.69) is 20.8 Å². The van der Waals surface area contributed by atoms with Crippen LogP contribution in [0.2, 0.25) is 0 Å². The number of nitrogens with one attached hydrogen (secondary N) is 2. The monoisotopic (exact) mass is 344 g/mol. The SMILES string of the molecule is CCn1cc(NC(=O)c2cc(NC(=O)C3CCCCC3)n(C)n2)cn1. The maximum atomic E-state index is 12.4. The first-order chi connectivity index (χ1) is 12.1. The number of aryl methyl sites for hydroxylation is 2. The number of nitrogens with zero attached hydrogens (tertiary/aromatic N) is 4. The van der Waals surface area contributed by atoms with Crippen molar-refractivity contribution in [3.05, 3.63) is 24.2 Å². The fourth-order valence-corrected chi connectivity index (χ4v) is 3.08. The van der Waals surface area contributed by atoms with Gasteiger partial charge in [-0.3, -0.25) is 19.0 Å². The van der Waals surface area contributed by atoms with Gasteiger partial charge in [-0.1, -0.05) is 19.3 Å². The third-order valence-electron chi connectivity index (χ3n) is 4.55. The van der Waals surface area contributed by atoms with Crippen molar-refractivity contribution < 1.29 is 9.59 Å². The van der Waals surface area contributed by atoms with Crippen LogP contribution in [0.25, 0.3) is 0 Å². The summed E-state index contributed by atoms with van der Waals surface area (Å²) in [5, 5.41) is 14.0. The number of rotatable bonds is 5. The van der Waals surface area contributed by atoms with Gasteiger partial charge in [-0.25, -0.2) is 0 Å². The second kappa shape index (κ2) is 7.50. The molecule has 2 aromatic rings. The molecule has 2 N–H and O–H groups in total. The van der Waals surface area contributed by atoms with Crippen LogP contribution in [0.4, 0.5) is 11.5 Å². The average Bonchev–Trinajstić information content (AvgIpc) is 3.22. The standard InChI is InChI=1S/C17H24N6O2/c1-3-23-11-13(10-18-23)19-17(25)14-9-15(22(2)21-14)20-16(24)12-7-5-4-6-8-12/h9-12H,3-8H2,1-2H3,(H,19,25)(H,20,24). The summed E-state index contributed by atoms with van der Waals surface area (Å²) in [7, 11) is 1.71. The summed E-state index contributed by atoms with van der Waals surface area (Å²) in [4.78, 5) is 24.7. The summed E-state index contributed by atoms with van der Waals surface area (Å²) in [6.45, 7) is 2.70. The number of hydrogen-bond acceptors (Lipinski definition) is 4. The Morgan fingerprint density at radius 3 is 2.68 bits per heavy atom. The molecule has 134 valence electrons. The topological polar surface area (TPSA) is 93.8 Å². The first-order valence-corrected chi connectivity index (χ1v) is 8.75. The Hall–Kier alpha value is -2.64. The molecule has 0 unspecified atom stereocenters. The third kappa shape index (κ3) is 4.07. The van der Waals surface area contributed by atoms with Crippen molar-refractivity contribution in [3.63, 3.8) is 0 Å². The fourth-order valence-electron chi connectivity index (χ4n) is 3.08. The van der Waals surface area contributed by atoms with Gasteiger partial charge in [-0.05, 0) is 19.8 Å². The summed E-state index contributed by atoms with van der Waals surface area (Å²) < 4.78 is 3.25. The van der Waals surface area contributed by atoms with Crippen LogP contribution in [0.3, 0.4) is 0 Å². The molecule has 0 atom stereocenters. The average molecular weight is 344 g/mol. The zero-order chi connectivity index (χ0) is 17.8. The maximum absolute atomic E-state index is 12.4. The normalized spacial score (nSPS) is 15.1. The second-order valence-electron chi connectivity index (χ2n) is 6.40. The first-order valence-electron chi connectivity index (χ1n) is 8.75. The number of carbonyl (C=O) groups is 2. The molecule has 2 heterocycles. The van der Waals surface area contributed by atoms with Gasteiger partial charge in [0.1, 0.15) is 5.82 Å². The van der Waals surface area contributed by atoms with E-state index in [4.69, 9.17) is 0 Å². The molecule has 8 heteroatoms. The minimum absolute atomic E-state index is 0.0129. The van der Waals surface area contributed by atoms with Crippen molar-refractivity contribution in [2.24, 2.45) is 13.0 Å². The summed E-state index contributed by atoms with van der Waals surface area (Å²) in [6, 6.07) is 1.60. The van der Waals surface area contributed by atoms with Crippen LogP contribution in [-0.4, -0.2) is 31.4 Å². The van der Waals surface area contributed by atoms with Crippen LogP contribution < -0.4 is 10.6 Å². The van der Waals surface area contributed by atoms with Gasteiger partial charge in [0, 0.05) is 31.8 Å². The number of amides is 2. The zero-order valence-electron chi connectivity index (χ0n) is 14.7.